The van der Waals surface area contributed by atoms with E-state index in [0.29, 0.717) is 5.56 Å². The van der Waals surface area contributed by atoms with E-state index in [1.54, 1.807) is 29.6 Å². The second kappa shape index (κ2) is 6.41. The molecule has 1 aliphatic heterocycles. The van der Waals surface area contributed by atoms with Gasteiger partial charge in [-0.3, -0.25) is 0 Å². The van der Waals surface area contributed by atoms with Gasteiger partial charge in [0, 0.05) is 22.5 Å². The molecule has 0 spiro atoms. The van der Waals surface area contributed by atoms with E-state index >= 15 is 0 Å². The predicted octanol–water partition coefficient (Wildman–Crippen LogP) is 3.46. The Kier molecular flexibility index (Phi) is 5.09. The molecule has 1 aliphatic rings. The van der Waals surface area contributed by atoms with Gasteiger partial charge in [-0.25, -0.2) is 0 Å². The highest BCUT2D eigenvalue weighted by Gasteiger charge is 2.31. The quantitative estimate of drug-likeness (QED) is 0.923. The number of hydrogen-bond donors (Lipinski definition) is 1. The molecule has 1 nitrogen and oxygen atoms in total. The molecule has 1 heterocycles. The second-order valence-electron chi connectivity index (χ2n) is 4.45. The van der Waals surface area contributed by atoms with E-state index in [-0.39, 0.29) is 11.7 Å². The van der Waals surface area contributed by atoms with Gasteiger partial charge < -0.3 is 5.11 Å². The van der Waals surface area contributed by atoms with Gasteiger partial charge in [0.1, 0.15) is 0 Å². The van der Waals surface area contributed by atoms with Crippen LogP contribution < -0.4 is 0 Å². The lowest BCUT2D eigenvalue weighted by molar-refractivity contribution is -0.137. The third kappa shape index (κ3) is 4.33. The maximum atomic E-state index is 12.6. The zero-order valence-electron chi connectivity index (χ0n) is 10.2. The van der Waals surface area contributed by atoms with Gasteiger partial charge in [-0.15, -0.1) is 0 Å². The largest absolute Gasteiger partial charge is 0.416 e. The minimum Gasteiger partial charge on any atom is -0.392 e. The van der Waals surface area contributed by atoms with Crippen LogP contribution in [0.5, 0.6) is 0 Å². The van der Waals surface area contributed by atoms with Crippen molar-refractivity contribution in [2.75, 3.05) is 17.3 Å². The summed E-state index contributed by atoms with van der Waals surface area (Å²) >= 11 is 3.50. The maximum absolute atomic E-state index is 12.6. The molecule has 0 radical (unpaired) electrons. The van der Waals surface area contributed by atoms with E-state index in [1.165, 1.54) is 6.07 Å². The first kappa shape index (κ1) is 15.1. The normalized spacial score (nSPS) is 22.2. The molecule has 19 heavy (non-hydrogen) atoms. The first-order valence-electron chi connectivity index (χ1n) is 6.00. The van der Waals surface area contributed by atoms with Crippen molar-refractivity contribution in [3.05, 3.63) is 35.4 Å². The SMILES string of the molecule is OC(Cc1cccc(C(F)(F)F)c1)C1CSCCS1. The number of halogens is 3. The number of alkyl halides is 3. The van der Waals surface area contributed by atoms with E-state index in [9.17, 15) is 18.3 Å². The van der Waals surface area contributed by atoms with Crippen LogP contribution >= 0.6 is 23.5 Å². The van der Waals surface area contributed by atoms with Crippen molar-refractivity contribution < 1.29 is 18.3 Å². The number of aliphatic hydroxyl groups excluding tert-OH is 1. The average Bonchev–Trinajstić information content (AvgIpc) is 2.39. The lowest BCUT2D eigenvalue weighted by Crippen LogP contribution is -2.30. The summed E-state index contributed by atoms with van der Waals surface area (Å²) in [5.74, 6) is 2.94. The Morgan fingerprint density at radius 3 is 2.74 bits per heavy atom. The van der Waals surface area contributed by atoms with Crippen LogP contribution in [0, 0.1) is 0 Å². The van der Waals surface area contributed by atoms with Crippen LogP contribution in [0.4, 0.5) is 13.2 Å². The first-order chi connectivity index (χ1) is 8.97. The standard InChI is InChI=1S/C13H15F3OS2/c14-13(15,16)10-3-1-2-9(6-10)7-11(17)12-8-18-4-5-19-12/h1-3,6,11-12,17H,4-5,7-8H2. The van der Waals surface area contributed by atoms with Gasteiger partial charge in [-0.1, -0.05) is 18.2 Å². The third-order valence-corrected chi connectivity index (χ3v) is 5.88. The Morgan fingerprint density at radius 2 is 2.11 bits per heavy atom. The molecule has 1 fully saturated rings. The molecule has 1 aromatic rings. The summed E-state index contributed by atoms with van der Waals surface area (Å²) in [6.45, 7) is 0. The van der Waals surface area contributed by atoms with Gasteiger partial charge >= 0.3 is 6.18 Å². The molecule has 0 saturated carbocycles. The fourth-order valence-electron chi connectivity index (χ4n) is 1.98. The monoisotopic (exact) mass is 308 g/mol. The third-order valence-electron chi connectivity index (χ3n) is 2.97. The minimum atomic E-state index is -4.32. The van der Waals surface area contributed by atoms with Gasteiger partial charge in [0.25, 0.3) is 0 Å². The summed E-state index contributed by atoms with van der Waals surface area (Å²) in [6.07, 6.45) is -4.63. The molecule has 0 aromatic heterocycles. The molecule has 1 saturated heterocycles. The fourth-order valence-corrected chi connectivity index (χ4v) is 4.75. The van der Waals surface area contributed by atoms with E-state index in [4.69, 9.17) is 0 Å². The Labute approximate surface area is 119 Å². The van der Waals surface area contributed by atoms with Gasteiger partial charge in [-0.2, -0.15) is 36.7 Å². The molecular formula is C13H15F3OS2. The highest BCUT2D eigenvalue weighted by Crippen LogP contribution is 2.31. The van der Waals surface area contributed by atoms with Crippen molar-refractivity contribution in [2.24, 2.45) is 0 Å². The van der Waals surface area contributed by atoms with Crippen LogP contribution in [0.3, 0.4) is 0 Å². The zero-order valence-corrected chi connectivity index (χ0v) is 11.8. The van der Waals surface area contributed by atoms with Crippen LogP contribution in [-0.4, -0.2) is 33.7 Å². The summed E-state index contributed by atoms with van der Waals surface area (Å²) in [7, 11) is 0. The van der Waals surface area contributed by atoms with Crippen LogP contribution in [0.1, 0.15) is 11.1 Å². The van der Waals surface area contributed by atoms with Crippen LogP contribution in [0.25, 0.3) is 0 Å². The van der Waals surface area contributed by atoms with Crippen molar-refractivity contribution in [2.45, 2.75) is 24.0 Å². The smallest absolute Gasteiger partial charge is 0.392 e. The molecule has 0 amide bonds. The topological polar surface area (TPSA) is 20.2 Å². The van der Waals surface area contributed by atoms with Crippen molar-refractivity contribution in [1.82, 2.24) is 0 Å². The molecule has 0 bridgehead atoms. The number of benzene rings is 1. The van der Waals surface area contributed by atoms with Crippen molar-refractivity contribution in [3.8, 4) is 0 Å². The molecule has 1 N–H and O–H groups in total. The van der Waals surface area contributed by atoms with Crippen LogP contribution in [0.15, 0.2) is 24.3 Å². The summed E-state index contributed by atoms with van der Waals surface area (Å²) in [5.41, 5.74) is -0.110. The lowest BCUT2D eigenvalue weighted by Gasteiger charge is -2.26. The Hall–Kier alpha value is -0.330. The zero-order chi connectivity index (χ0) is 13.9. The first-order valence-corrected chi connectivity index (χ1v) is 8.21. The summed E-state index contributed by atoms with van der Waals surface area (Å²) in [6, 6.07) is 5.22. The maximum Gasteiger partial charge on any atom is 0.416 e. The molecule has 2 unspecified atom stereocenters. The Balaban J connectivity index is 2.02. The van der Waals surface area contributed by atoms with E-state index in [1.807, 2.05) is 0 Å². The molecule has 1 aromatic carbocycles. The molecule has 6 heteroatoms. The number of hydrogen-bond acceptors (Lipinski definition) is 3. The highest BCUT2D eigenvalue weighted by molar-refractivity contribution is 8.06. The molecule has 2 atom stereocenters. The van der Waals surface area contributed by atoms with Gasteiger partial charge in [0.15, 0.2) is 0 Å². The minimum absolute atomic E-state index is 0.119. The average molecular weight is 308 g/mol. The van der Waals surface area contributed by atoms with Gasteiger partial charge in [-0.05, 0) is 18.1 Å². The molecular weight excluding hydrogens is 293 g/mol. The molecule has 106 valence electrons. The van der Waals surface area contributed by atoms with Crippen molar-refractivity contribution in [1.29, 1.82) is 0 Å². The lowest BCUT2D eigenvalue weighted by atomic mass is 10.0. The van der Waals surface area contributed by atoms with Gasteiger partial charge in [0.2, 0.25) is 0 Å². The van der Waals surface area contributed by atoms with Gasteiger partial charge in [0.05, 0.1) is 11.7 Å². The summed E-state index contributed by atoms with van der Waals surface area (Å²) in [5, 5.41) is 10.2. The number of aliphatic hydroxyl groups is 1. The Bertz CT molecular complexity index is 417. The van der Waals surface area contributed by atoms with Crippen molar-refractivity contribution in [3.63, 3.8) is 0 Å². The van der Waals surface area contributed by atoms with Crippen LogP contribution in [-0.2, 0) is 12.6 Å². The van der Waals surface area contributed by atoms with Crippen molar-refractivity contribution >= 4 is 23.5 Å². The predicted molar refractivity (Wildman–Crippen MR) is 74.7 cm³/mol. The summed E-state index contributed by atoms with van der Waals surface area (Å²) < 4.78 is 37.8. The molecule has 2 rings (SSSR count). The highest BCUT2D eigenvalue weighted by atomic mass is 32.2. The second-order valence-corrected chi connectivity index (χ2v) is 6.95. The molecule has 0 aliphatic carbocycles. The number of thioether (sulfide) groups is 2. The van der Waals surface area contributed by atoms with E-state index in [2.05, 4.69) is 0 Å². The van der Waals surface area contributed by atoms with Crippen LogP contribution in [0.2, 0.25) is 0 Å². The van der Waals surface area contributed by atoms with E-state index < -0.39 is 17.8 Å². The fraction of sp³-hybridized carbons (Fsp3) is 0.538. The number of rotatable bonds is 3. The summed E-state index contributed by atoms with van der Waals surface area (Å²) in [4.78, 5) is 0. The van der Waals surface area contributed by atoms with E-state index in [0.717, 1.165) is 29.4 Å². The Morgan fingerprint density at radius 1 is 1.32 bits per heavy atom.